The van der Waals surface area contributed by atoms with Crippen molar-refractivity contribution in [3.8, 4) is 0 Å². The van der Waals surface area contributed by atoms with E-state index >= 15 is 0 Å². The van der Waals surface area contributed by atoms with Gasteiger partial charge in [0.1, 0.15) is 51.7 Å². The highest BCUT2D eigenvalue weighted by molar-refractivity contribution is 15.0. The van der Waals surface area contributed by atoms with Crippen LogP contribution in [-0.2, 0) is 55.9 Å². The van der Waals surface area contributed by atoms with Crippen LogP contribution in [-0.4, -0.2) is 169 Å². The van der Waals surface area contributed by atoms with Gasteiger partial charge >= 0.3 is 5.97 Å². The molecule has 6 amide bonds. The van der Waals surface area contributed by atoms with E-state index in [1.165, 1.54) is 6.92 Å². The lowest BCUT2D eigenvalue weighted by molar-refractivity contribution is -0.414. The Morgan fingerprint density at radius 1 is 0.520 bits per heavy atom. The van der Waals surface area contributed by atoms with Crippen molar-refractivity contribution in [1.29, 1.82) is 0 Å². The van der Waals surface area contributed by atoms with Gasteiger partial charge in [-0.05, 0) is 116 Å². The van der Waals surface area contributed by atoms with Crippen LogP contribution < -0.4 is 31.9 Å². The summed E-state index contributed by atoms with van der Waals surface area (Å²) in [5.74, 6) is -10.8. The van der Waals surface area contributed by atoms with Gasteiger partial charge in [0, 0.05) is 69.0 Å². The third kappa shape index (κ3) is 15.1. The van der Waals surface area contributed by atoms with E-state index in [0.717, 1.165) is 86.3 Å². The van der Waals surface area contributed by atoms with Crippen LogP contribution in [0.5, 0.6) is 0 Å². The molecule has 26 heteroatoms. The van der Waals surface area contributed by atoms with Gasteiger partial charge in [0.2, 0.25) is 23.6 Å². The SMILES string of the molecule is CCc1ccc(NC(=O)C(CCC(NC(C)=O)C(=O)O)NC(=O)C2O[C@@](C)(O)C(C)(O)C(C)(O)[C@]2(C)O)cc1.CCc1ccc(NC(=O)C(CNC(=O)C2O[C@@](C)(O)C(C)(O)C(C)(O)[C@]2(C)O)NC(C)=O)cc1.II. The van der Waals surface area contributed by atoms with E-state index in [9.17, 15) is 79.5 Å². The molecule has 0 aliphatic carbocycles. The second kappa shape index (κ2) is 26.0. The van der Waals surface area contributed by atoms with Crippen LogP contribution in [0.3, 0.4) is 0 Å². The Bertz CT molecular complexity index is 2340. The monoisotopic (exact) mass is 1290 g/mol. The third-order valence-corrected chi connectivity index (χ3v) is 14.4. The fraction of sp³-hybridized carbons (Fsp3) is 0.612. The number of carbonyl (C=O) groups excluding carboxylic acids is 6. The summed E-state index contributed by atoms with van der Waals surface area (Å²) in [6, 6.07) is 10.1. The summed E-state index contributed by atoms with van der Waals surface area (Å²) in [5, 5.41) is 111. The van der Waals surface area contributed by atoms with Gasteiger partial charge in [0.25, 0.3) is 11.8 Å². The molecule has 2 aliphatic heterocycles. The van der Waals surface area contributed by atoms with Gasteiger partial charge in [-0.3, -0.25) is 28.8 Å². The number of rotatable bonds is 17. The highest BCUT2D eigenvalue weighted by Crippen LogP contribution is 2.49. The van der Waals surface area contributed by atoms with Crippen molar-refractivity contribution in [1.82, 2.24) is 21.3 Å². The minimum atomic E-state index is -2.50. The molecule has 0 saturated carbocycles. The Kier molecular flexibility index (Phi) is 23.2. The first-order valence-corrected chi connectivity index (χ1v) is 30.0. The fourth-order valence-electron chi connectivity index (χ4n) is 8.14. The van der Waals surface area contributed by atoms with Gasteiger partial charge < -0.3 is 87.3 Å². The smallest absolute Gasteiger partial charge is 0.326 e. The Morgan fingerprint density at radius 2 is 0.853 bits per heavy atom. The maximum Gasteiger partial charge on any atom is 0.326 e. The second-order valence-corrected chi connectivity index (χ2v) is 19.9. The molecule has 2 saturated heterocycles. The molecule has 15 N–H and O–H groups in total. The zero-order valence-corrected chi connectivity index (χ0v) is 48.3. The number of anilines is 2. The van der Waals surface area contributed by atoms with Gasteiger partial charge in [0.15, 0.2) is 23.8 Å². The van der Waals surface area contributed by atoms with Crippen molar-refractivity contribution in [2.75, 3.05) is 17.2 Å². The van der Waals surface area contributed by atoms with E-state index in [-0.39, 0.29) is 19.4 Å². The number of nitrogens with one attached hydrogen (secondary N) is 6. The molecule has 0 radical (unpaired) electrons. The number of amides is 6. The first kappa shape index (κ1) is 66.9. The molecule has 2 aliphatic rings. The Morgan fingerprint density at radius 3 is 1.20 bits per heavy atom. The molecule has 0 spiro atoms. The summed E-state index contributed by atoms with van der Waals surface area (Å²) in [4.78, 5) is 86.8. The highest BCUT2D eigenvalue weighted by atomic mass is 128. The van der Waals surface area contributed by atoms with Crippen LogP contribution in [0.4, 0.5) is 11.4 Å². The predicted octanol–water partition coefficient (Wildman–Crippen LogP) is 0.342. The number of halogens is 2. The lowest BCUT2D eigenvalue weighted by Gasteiger charge is -2.59. The maximum atomic E-state index is 13.3. The number of carboxylic acid groups (broad SMARTS) is 1. The van der Waals surface area contributed by atoms with Crippen LogP contribution >= 0.6 is 37.2 Å². The molecule has 2 fully saturated rings. The predicted molar refractivity (Wildman–Crippen MR) is 289 cm³/mol. The van der Waals surface area contributed by atoms with Crippen LogP contribution in [0, 0.1) is 0 Å². The van der Waals surface area contributed by atoms with Gasteiger partial charge in [-0.2, -0.15) is 0 Å². The minimum Gasteiger partial charge on any atom is -0.480 e. The molecule has 2 heterocycles. The second-order valence-electron chi connectivity index (χ2n) is 19.9. The summed E-state index contributed by atoms with van der Waals surface area (Å²) in [6.45, 7) is 14.3. The molecule has 422 valence electrons. The molecular formula is C49H74I2N6O18. The maximum absolute atomic E-state index is 13.3. The van der Waals surface area contributed by atoms with Crippen LogP contribution in [0.1, 0.15) is 107 Å². The van der Waals surface area contributed by atoms with E-state index in [0.29, 0.717) is 11.4 Å². The van der Waals surface area contributed by atoms with E-state index in [2.05, 4.69) is 69.1 Å². The quantitative estimate of drug-likeness (QED) is 0.0950. The lowest BCUT2D eigenvalue weighted by Crippen LogP contribution is -2.82. The van der Waals surface area contributed by atoms with E-state index in [4.69, 9.17) is 9.47 Å². The largest absolute Gasteiger partial charge is 0.480 e. The van der Waals surface area contributed by atoms with Crippen molar-refractivity contribution in [3.05, 3.63) is 59.7 Å². The molecule has 4 rings (SSSR count). The van der Waals surface area contributed by atoms with Gasteiger partial charge in [0.05, 0.1) is 0 Å². The van der Waals surface area contributed by atoms with Crippen LogP contribution in [0.15, 0.2) is 48.5 Å². The minimum absolute atomic E-state index is 0.256. The van der Waals surface area contributed by atoms with Crippen LogP contribution in [0.2, 0.25) is 0 Å². The zero-order valence-electron chi connectivity index (χ0n) is 44.0. The van der Waals surface area contributed by atoms with Crippen molar-refractivity contribution in [2.24, 2.45) is 0 Å². The van der Waals surface area contributed by atoms with Gasteiger partial charge in [-0.15, -0.1) is 0 Å². The highest BCUT2D eigenvalue weighted by Gasteiger charge is 2.72. The number of carbonyl (C=O) groups is 7. The van der Waals surface area contributed by atoms with Crippen LogP contribution in [0.25, 0.3) is 0 Å². The summed E-state index contributed by atoms with van der Waals surface area (Å²) in [6.07, 6.45) is -2.70. The van der Waals surface area contributed by atoms with Crippen molar-refractivity contribution < 1.29 is 89.0 Å². The van der Waals surface area contributed by atoms with E-state index < -0.39 is 117 Å². The molecule has 2 aromatic rings. The number of carboxylic acids is 1. The molecule has 0 bridgehead atoms. The van der Waals surface area contributed by atoms with Gasteiger partial charge in [-0.25, -0.2) is 4.79 Å². The first-order chi connectivity index (χ1) is 34.3. The Balaban J connectivity index is 0.000000501. The number of ether oxygens (including phenoxy) is 2. The zero-order chi connectivity index (χ0) is 58.1. The lowest BCUT2D eigenvalue weighted by atomic mass is 9.65. The first-order valence-electron chi connectivity index (χ1n) is 23.7. The third-order valence-electron chi connectivity index (χ3n) is 14.4. The number of hydrogen-bond acceptors (Lipinski definition) is 17. The number of aliphatic hydroxyl groups is 8. The molecule has 13 atom stereocenters. The number of benzene rings is 2. The number of aryl methyl sites for hydroxylation is 2. The Hall–Kier alpha value is -4.21. The summed E-state index contributed by atoms with van der Waals surface area (Å²) >= 11 is 4.24. The average Bonchev–Trinajstić information content (AvgIpc) is 3.31. The van der Waals surface area contributed by atoms with Gasteiger partial charge in [-0.1, -0.05) is 38.1 Å². The number of hydrogen-bond donors (Lipinski definition) is 15. The molecule has 24 nitrogen and oxygen atoms in total. The fourth-order valence-corrected chi connectivity index (χ4v) is 8.14. The van der Waals surface area contributed by atoms with E-state index in [1.807, 2.05) is 26.0 Å². The summed E-state index contributed by atoms with van der Waals surface area (Å²) in [7, 11) is 0. The molecule has 2 aromatic carbocycles. The van der Waals surface area contributed by atoms with Crippen molar-refractivity contribution in [3.63, 3.8) is 0 Å². The summed E-state index contributed by atoms with van der Waals surface area (Å²) < 4.78 is 10.6. The molecule has 9 unspecified atom stereocenters. The van der Waals surface area contributed by atoms with E-state index in [1.54, 1.807) is 36.4 Å². The number of aliphatic carboxylic acids is 1. The van der Waals surface area contributed by atoms with Crippen molar-refractivity contribution >= 4 is 90.0 Å². The molecule has 0 aromatic heterocycles. The van der Waals surface area contributed by atoms with Crippen molar-refractivity contribution in [2.45, 2.75) is 184 Å². The standard InChI is InChI=1S/C26H39N3O10.C23H35N3O8.I2/c1-7-15-8-10-16(11-9-15)28-20(31)17(12-13-18(22(33)34)27-14(2)30)29-21(32)19-23(3,35)24(4,36)25(5,37)26(6,38)39-19;1-7-14-8-10-15(11-9-14)26-18(28)16(25-13(2)27)12-24-19(29)17-20(3,30)21(4,31)22(5,32)23(6,33)34-17;1-2/h8-11,17-19,35-38H,7,12-13H2,1-6H3,(H,27,30)(H,28,31)(H,29,32)(H,33,34);8-11,16-17,30-33H,7,12H2,1-6H3,(H,24,29)(H,25,27)(H,26,28);/t17?,18?,19?,23-,24?,25?,26-;16?,17?,20-,21?,22?,23-;/m11./s1. The summed E-state index contributed by atoms with van der Waals surface area (Å²) in [5.41, 5.74) is -11.4. The Labute approximate surface area is 458 Å². The average molecular weight is 1290 g/mol. The normalized spacial score (nSPS) is 32.2. The molecule has 75 heavy (non-hydrogen) atoms. The topological polar surface area (TPSA) is 392 Å². The molecular weight excluding hydrogens is 1210 g/mol.